The zero-order chi connectivity index (χ0) is 19.8. The Morgan fingerprint density at radius 2 is 1.85 bits per heavy atom. The first-order chi connectivity index (χ1) is 12.6. The van der Waals surface area contributed by atoms with E-state index in [-0.39, 0.29) is 22.4 Å². The van der Waals surface area contributed by atoms with E-state index in [1.165, 1.54) is 5.56 Å². The van der Waals surface area contributed by atoms with Crippen molar-refractivity contribution in [2.24, 2.45) is 11.3 Å². The summed E-state index contributed by atoms with van der Waals surface area (Å²) in [6.45, 7) is 16.5. The minimum atomic E-state index is -0.234. The van der Waals surface area contributed by atoms with Crippen LogP contribution in [-0.4, -0.2) is 23.1 Å². The number of hydrogen-bond acceptors (Lipinski definition) is 2. The highest BCUT2D eigenvalue weighted by Gasteiger charge is 2.50. The lowest BCUT2D eigenvalue weighted by Crippen LogP contribution is -2.36. The van der Waals surface area contributed by atoms with Gasteiger partial charge < -0.3 is 10.0 Å². The smallest absolute Gasteiger partial charge is 0.123 e. The second-order valence-electron chi connectivity index (χ2n) is 9.50. The van der Waals surface area contributed by atoms with Crippen molar-refractivity contribution in [2.45, 2.75) is 64.7 Å². The van der Waals surface area contributed by atoms with Crippen LogP contribution in [0.1, 0.15) is 64.0 Å². The van der Waals surface area contributed by atoms with Crippen LogP contribution in [0.15, 0.2) is 42.8 Å². The molecular weight excluding hydrogens is 337 g/mol. The van der Waals surface area contributed by atoms with Gasteiger partial charge in [-0.25, -0.2) is 4.39 Å². The van der Waals surface area contributed by atoms with Crippen molar-refractivity contribution in [3.63, 3.8) is 0 Å². The number of hydrogen-bond donors (Lipinski definition) is 1. The van der Waals surface area contributed by atoms with Gasteiger partial charge in [-0.05, 0) is 73.1 Å². The Morgan fingerprint density at radius 3 is 2.37 bits per heavy atom. The van der Waals surface area contributed by atoms with E-state index in [1.54, 1.807) is 12.1 Å². The summed E-state index contributed by atoms with van der Waals surface area (Å²) in [6.07, 6.45) is 6.41. The monoisotopic (exact) mass is 371 g/mol. The molecule has 1 aliphatic heterocycles. The molecule has 1 saturated carbocycles. The normalized spacial score (nSPS) is 19.8. The van der Waals surface area contributed by atoms with Gasteiger partial charge in [-0.2, -0.15) is 0 Å². The Hall–Kier alpha value is -1.77. The van der Waals surface area contributed by atoms with Gasteiger partial charge in [0.25, 0.3) is 0 Å². The predicted octanol–water partition coefficient (Wildman–Crippen LogP) is 6.13. The summed E-state index contributed by atoms with van der Waals surface area (Å²) in [7, 11) is 0. The molecule has 3 heteroatoms. The van der Waals surface area contributed by atoms with Gasteiger partial charge in [0.15, 0.2) is 0 Å². The fourth-order valence-electron chi connectivity index (χ4n) is 4.49. The first-order valence-corrected chi connectivity index (χ1v) is 10.2. The molecule has 0 unspecified atom stereocenters. The molecule has 1 aliphatic carbocycles. The van der Waals surface area contributed by atoms with Crippen LogP contribution in [0.25, 0.3) is 0 Å². The molecule has 1 heterocycles. The van der Waals surface area contributed by atoms with E-state index in [0.717, 1.165) is 62.9 Å². The van der Waals surface area contributed by atoms with Crippen LogP contribution in [-0.2, 0) is 11.8 Å². The van der Waals surface area contributed by atoms with Crippen molar-refractivity contribution in [3.8, 4) is 0 Å². The van der Waals surface area contributed by atoms with E-state index in [9.17, 15) is 9.50 Å². The maximum absolute atomic E-state index is 13.7. The van der Waals surface area contributed by atoms with Crippen molar-refractivity contribution >= 4 is 0 Å². The molecule has 1 N–H and O–H groups in total. The minimum Gasteiger partial charge on any atom is -0.512 e. The number of rotatable bonds is 6. The fraction of sp³-hybridized carbons (Fsp3) is 0.583. The summed E-state index contributed by atoms with van der Waals surface area (Å²) in [6, 6.07) is 5.27. The molecule has 3 rings (SSSR count). The second-order valence-corrected chi connectivity index (χ2v) is 9.50. The second kappa shape index (κ2) is 7.33. The molecule has 2 aliphatic rings. The molecule has 1 saturated heterocycles. The van der Waals surface area contributed by atoms with Crippen molar-refractivity contribution < 1.29 is 9.50 Å². The molecule has 2 nitrogen and oxygen atoms in total. The van der Waals surface area contributed by atoms with Crippen LogP contribution >= 0.6 is 0 Å². The van der Waals surface area contributed by atoms with Gasteiger partial charge in [-0.3, -0.25) is 0 Å². The van der Waals surface area contributed by atoms with Crippen LogP contribution in [0.3, 0.4) is 0 Å². The van der Waals surface area contributed by atoms with Crippen LogP contribution in [0.4, 0.5) is 4.39 Å². The average molecular weight is 372 g/mol. The number of aryl methyl sites for hydroxylation is 1. The van der Waals surface area contributed by atoms with E-state index in [1.807, 2.05) is 6.07 Å². The summed E-state index contributed by atoms with van der Waals surface area (Å²) >= 11 is 0. The first kappa shape index (κ1) is 20.0. The Labute approximate surface area is 163 Å². The third-order valence-electron chi connectivity index (χ3n) is 6.55. The fourth-order valence-corrected chi connectivity index (χ4v) is 4.49. The van der Waals surface area contributed by atoms with E-state index in [2.05, 4.69) is 38.8 Å². The van der Waals surface area contributed by atoms with Gasteiger partial charge in [0.2, 0.25) is 0 Å². The summed E-state index contributed by atoms with van der Waals surface area (Å²) < 4.78 is 13.7. The lowest BCUT2D eigenvalue weighted by atomic mass is 9.81. The molecule has 0 radical (unpaired) electrons. The number of likely N-dealkylation sites (tertiary alicyclic amines) is 1. The molecular formula is C24H34FNO. The molecule has 0 aromatic heterocycles. The lowest BCUT2D eigenvalue weighted by molar-refractivity contribution is 0.191. The third-order valence-corrected chi connectivity index (χ3v) is 6.55. The Balaban J connectivity index is 1.55. The number of halogens is 1. The molecule has 1 aromatic rings. The summed E-state index contributed by atoms with van der Waals surface area (Å²) in [5.74, 6) is 0.829. The summed E-state index contributed by atoms with van der Waals surface area (Å²) in [4.78, 5) is 2.35. The van der Waals surface area contributed by atoms with Gasteiger partial charge >= 0.3 is 0 Å². The number of piperidine rings is 1. The van der Waals surface area contributed by atoms with E-state index >= 15 is 0 Å². The van der Waals surface area contributed by atoms with E-state index in [4.69, 9.17) is 0 Å². The van der Waals surface area contributed by atoms with Gasteiger partial charge in [-0.15, -0.1) is 0 Å². The van der Waals surface area contributed by atoms with Crippen LogP contribution in [0.2, 0.25) is 0 Å². The van der Waals surface area contributed by atoms with Crippen molar-refractivity contribution in [1.82, 2.24) is 4.90 Å². The molecule has 0 spiro atoms. The standard InChI is InChI=1S/C24H34FNO/c1-17(24(12-13-24)18(2)27)26-14-10-19(11-15-26)6-7-20-8-9-21(25)16-22(20)23(3,4)5/h8-9,16,19,27H,1-2,6-7,10-15H2,3-5H3. The number of benzene rings is 1. The molecule has 2 fully saturated rings. The molecule has 0 bridgehead atoms. The van der Waals surface area contributed by atoms with Crippen molar-refractivity contribution in [2.75, 3.05) is 13.1 Å². The highest BCUT2D eigenvalue weighted by Crippen LogP contribution is 2.56. The zero-order valence-electron chi connectivity index (χ0n) is 17.2. The molecule has 0 atom stereocenters. The largest absolute Gasteiger partial charge is 0.512 e. The summed E-state index contributed by atoms with van der Waals surface area (Å²) in [5.41, 5.74) is 3.20. The Morgan fingerprint density at radius 1 is 1.22 bits per heavy atom. The van der Waals surface area contributed by atoms with Gasteiger partial charge in [0.05, 0.1) is 11.2 Å². The summed E-state index contributed by atoms with van der Waals surface area (Å²) in [5, 5.41) is 9.91. The topological polar surface area (TPSA) is 23.5 Å². The van der Waals surface area contributed by atoms with E-state index in [0.29, 0.717) is 5.92 Å². The van der Waals surface area contributed by atoms with Crippen molar-refractivity contribution in [1.29, 1.82) is 0 Å². The Bertz CT molecular complexity index is 718. The van der Waals surface area contributed by atoms with Gasteiger partial charge in [0, 0.05) is 18.8 Å². The lowest BCUT2D eigenvalue weighted by Gasteiger charge is -2.37. The minimum absolute atomic E-state index is 0.0379. The van der Waals surface area contributed by atoms with Gasteiger partial charge in [0.1, 0.15) is 5.82 Å². The molecule has 1 aromatic carbocycles. The number of aliphatic hydroxyl groups is 1. The van der Waals surface area contributed by atoms with E-state index < -0.39 is 0 Å². The molecule has 27 heavy (non-hydrogen) atoms. The average Bonchev–Trinajstić information content (AvgIpc) is 3.42. The SMILES string of the molecule is C=C(O)C1(C(=C)N2CCC(CCc3ccc(F)cc3C(C)(C)C)CC2)CC1. The van der Waals surface area contributed by atoms with Crippen LogP contribution in [0.5, 0.6) is 0 Å². The molecule has 0 amide bonds. The number of nitrogens with zero attached hydrogens (tertiary/aromatic N) is 1. The van der Waals surface area contributed by atoms with Crippen molar-refractivity contribution in [3.05, 3.63) is 59.8 Å². The van der Waals surface area contributed by atoms with Gasteiger partial charge in [-0.1, -0.05) is 40.0 Å². The zero-order valence-corrected chi connectivity index (χ0v) is 17.2. The first-order valence-electron chi connectivity index (χ1n) is 10.2. The number of aliphatic hydroxyl groups excluding tert-OH is 1. The highest BCUT2D eigenvalue weighted by atomic mass is 19.1. The highest BCUT2D eigenvalue weighted by molar-refractivity contribution is 5.33. The maximum atomic E-state index is 13.7. The quantitative estimate of drug-likeness (QED) is 0.608. The van der Waals surface area contributed by atoms with Crippen LogP contribution in [0, 0.1) is 17.2 Å². The molecule has 148 valence electrons. The predicted molar refractivity (Wildman–Crippen MR) is 110 cm³/mol. The maximum Gasteiger partial charge on any atom is 0.123 e. The third kappa shape index (κ3) is 4.23. The Kier molecular flexibility index (Phi) is 5.42. The van der Waals surface area contributed by atoms with Crippen LogP contribution < -0.4 is 0 Å².